The predicted octanol–water partition coefficient (Wildman–Crippen LogP) is 1.91. The molecule has 2 heterocycles. The molecule has 0 amide bonds. The van der Waals surface area contributed by atoms with E-state index in [9.17, 15) is 0 Å². The number of nitrogens with zero attached hydrogens (tertiary/aromatic N) is 2. The van der Waals surface area contributed by atoms with E-state index >= 15 is 0 Å². The van der Waals surface area contributed by atoms with Crippen LogP contribution >= 0.6 is 0 Å². The van der Waals surface area contributed by atoms with Gasteiger partial charge in [-0.25, -0.2) is 0 Å². The lowest BCUT2D eigenvalue weighted by molar-refractivity contribution is 0.151. The van der Waals surface area contributed by atoms with Crippen molar-refractivity contribution >= 4 is 0 Å². The molecule has 1 aliphatic rings. The number of hydrogen-bond acceptors (Lipinski definition) is 3. The number of pyridine rings is 1. The molecule has 1 fully saturated rings. The van der Waals surface area contributed by atoms with Crippen molar-refractivity contribution in [2.75, 3.05) is 6.54 Å². The first-order chi connectivity index (χ1) is 7.79. The van der Waals surface area contributed by atoms with Crippen molar-refractivity contribution in [1.82, 2.24) is 9.88 Å². The average Bonchev–Trinajstić information content (AvgIpc) is 2.32. The minimum absolute atomic E-state index is 0.531. The van der Waals surface area contributed by atoms with E-state index in [0.717, 1.165) is 17.9 Å². The molecular weight excluding hydrogens is 198 g/mol. The summed E-state index contributed by atoms with van der Waals surface area (Å²) in [6, 6.07) is 6.83. The van der Waals surface area contributed by atoms with Gasteiger partial charge in [-0.1, -0.05) is 12.5 Å². The Hall–Kier alpha value is -0.930. The fourth-order valence-corrected chi connectivity index (χ4v) is 2.33. The van der Waals surface area contributed by atoms with Crippen LogP contribution in [0.1, 0.15) is 37.6 Å². The van der Waals surface area contributed by atoms with E-state index in [0.29, 0.717) is 12.6 Å². The van der Waals surface area contributed by atoms with Crippen LogP contribution in [-0.4, -0.2) is 22.5 Å². The van der Waals surface area contributed by atoms with Gasteiger partial charge in [-0.3, -0.25) is 9.88 Å². The van der Waals surface area contributed by atoms with Crippen molar-refractivity contribution in [1.29, 1.82) is 0 Å². The van der Waals surface area contributed by atoms with E-state index in [1.165, 1.54) is 25.8 Å². The van der Waals surface area contributed by atoms with Gasteiger partial charge in [0.25, 0.3) is 0 Å². The highest BCUT2D eigenvalue weighted by Gasteiger charge is 2.18. The van der Waals surface area contributed by atoms with Gasteiger partial charge in [-0.2, -0.15) is 0 Å². The fourth-order valence-electron chi connectivity index (χ4n) is 2.33. The number of hydrogen-bond donors (Lipinski definition) is 1. The van der Waals surface area contributed by atoms with Crippen molar-refractivity contribution in [3.05, 3.63) is 29.6 Å². The van der Waals surface area contributed by atoms with Gasteiger partial charge in [0, 0.05) is 19.1 Å². The van der Waals surface area contributed by atoms with E-state index in [1.54, 1.807) is 0 Å². The maximum atomic E-state index is 5.60. The van der Waals surface area contributed by atoms with E-state index in [2.05, 4.69) is 28.9 Å². The number of likely N-dealkylation sites (tertiary alicyclic amines) is 1. The topological polar surface area (TPSA) is 42.1 Å². The van der Waals surface area contributed by atoms with Crippen LogP contribution in [0, 0.1) is 0 Å². The van der Waals surface area contributed by atoms with E-state index < -0.39 is 0 Å². The third-order valence-corrected chi connectivity index (χ3v) is 3.38. The van der Waals surface area contributed by atoms with Crippen molar-refractivity contribution in [2.45, 2.75) is 45.3 Å². The standard InChI is InChI=1S/C13H21N3/c1-11-5-2-3-8-16(11)10-13-7-4-6-12(9-14)15-13/h4,6-7,11H,2-3,5,8-10,14H2,1H3. The van der Waals surface area contributed by atoms with Crippen molar-refractivity contribution in [3.8, 4) is 0 Å². The van der Waals surface area contributed by atoms with E-state index in [1.807, 2.05) is 6.07 Å². The molecule has 3 nitrogen and oxygen atoms in total. The highest BCUT2D eigenvalue weighted by Crippen LogP contribution is 2.18. The predicted molar refractivity (Wildman–Crippen MR) is 65.9 cm³/mol. The lowest BCUT2D eigenvalue weighted by atomic mass is 10.0. The van der Waals surface area contributed by atoms with Gasteiger partial charge in [0.1, 0.15) is 0 Å². The molecule has 1 aromatic rings. The molecule has 88 valence electrons. The zero-order chi connectivity index (χ0) is 11.4. The van der Waals surface area contributed by atoms with Crippen LogP contribution in [0.15, 0.2) is 18.2 Å². The maximum absolute atomic E-state index is 5.60. The SMILES string of the molecule is CC1CCCCN1Cc1cccc(CN)n1. The summed E-state index contributed by atoms with van der Waals surface area (Å²) in [5.74, 6) is 0. The third kappa shape index (κ3) is 2.80. The molecule has 0 saturated carbocycles. The van der Waals surface area contributed by atoms with Crippen molar-refractivity contribution in [3.63, 3.8) is 0 Å². The van der Waals surface area contributed by atoms with Crippen LogP contribution in [0.4, 0.5) is 0 Å². The Morgan fingerprint density at radius 2 is 2.19 bits per heavy atom. The van der Waals surface area contributed by atoms with Crippen LogP contribution in [0.2, 0.25) is 0 Å². The van der Waals surface area contributed by atoms with Gasteiger partial charge in [0.2, 0.25) is 0 Å². The molecule has 1 aliphatic heterocycles. The molecule has 0 spiro atoms. The second kappa shape index (κ2) is 5.41. The third-order valence-electron chi connectivity index (χ3n) is 3.38. The molecule has 1 aromatic heterocycles. The normalized spacial score (nSPS) is 22.2. The van der Waals surface area contributed by atoms with E-state index in [4.69, 9.17) is 5.73 Å². The zero-order valence-corrected chi connectivity index (χ0v) is 10.0. The van der Waals surface area contributed by atoms with Gasteiger partial charge >= 0.3 is 0 Å². The molecule has 2 rings (SSSR count). The first kappa shape index (κ1) is 11.6. The number of rotatable bonds is 3. The first-order valence-corrected chi connectivity index (χ1v) is 6.18. The highest BCUT2D eigenvalue weighted by molar-refractivity contribution is 5.11. The Bertz CT molecular complexity index is 338. The minimum Gasteiger partial charge on any atom is -0.325 e. The summed E-state index contributed by atoms with van der Waals surface area (Å²) in [6.45, 7) is 5.01. The molecule has 1 atom stereocenters. The summed E-state index contributed by atoms with van der Waals surface area (Å²) < 4.78 is 0. The second-order valence-corrected chi connectivity index (χ2v) is 4.64. The number of nitrogens with two attached hydrogens (primary N) is 1. The summed E-state index contributed by atoms with van der Waals surface area (Å²) in [6.07, 6.45) is 4.01. The number of aromatic nitrogens is 1. The van der Waals surface area contributed by atoms with Gasteiger partial charge < -0.3 is 5.73 Å². The fraction of sp³-hybridized carbons (Fsp3) is 0.615. The maximum Gasteiger partial charge on any atom is 0.0547 e. The minimum atomic E-state index is 0.531. The van der Waals surface area contributed by atoms with E-state index in [-0.39, 0.29) is 0 Å². The summed E-state index contributed by atoms with van der Waals surface area (Å²) in [5, 5.41) is 0. The van der Waals surface area contributed by atoms with Crippen LogP contribution in [0.25, 0.3) is 0 Å². The second-order valence-electron chi connectivity index (χ2n) is 4.64. The summed E-state index contributed by atoms with van der Waals surface area (Å²) in [5.41, 5.74) is 7.74. The lowest BCUT2D eigenvalue weighted by Crippen LogP contribution is -2.37. The van der Waals surface area contributed by atoms with Crippen molar-refractivity contribution < 1.29 is 0 Å². The van der Waals surface area contributed by atoms with Gasteiger partial charge in [-0.05, 0) is 38.4 Å². The first-order valence-electron chi connectivity index (χ1n) is 6.18. The molecule has 3 heteroatoms. The lowest BCUT2D eigenvalue weighted by Gasteiger charge is -2.33. The van der Waals surface area contributed by atoms with Gasteiger partial charge in [-0.15, -0.1) is 0 Å². The largest absolute Gasteiger partial charge is 0.325 e. The zero-order valence-electron chi connectivity index (χ0n) is 10.0. The molecule has 0 aromatic carbocycles. The smallest absolute Gasteiger partial charge is 0.0547 e. The Morgan fingerprint density at radius 3 is 2.94 bits per heavy atom. The Labute approximate surface area is 97.7 Å². The summed E-state index contributed by atoms with van der Waals surface area (Å²) in [7, 11) is 0. The quantitative estimate of drug-likeness (QED) is 0.844. The Kier molecular flexibility index (Phi) is 3.91. The van der Waals surface area contributed by atoms with Crippen LogP contribution in [0.3, 0.4) is 0 Å². The molecule has 16 heavy (non-hydrogen) atoms. The van der Waals surface area contributed by atoms with Crippen LogP contribution in [-0.2, 0) is 13.1 Å². The molecule has 0 bridgehead atoms. The average molecular weight is 219 g/mol. The Morgan fingerprint density at radius 1 is 1.38 bits per heavy atom. The molecule has 0 aliphatic carbocycles. The van der Waals surface area contributed by atoms with Crippen LogP contribution in [0.5, 0.6) is 0 Å². The van der Waals surface area contributed by atoms with Crippen LogP contribution < -0.4 is 5.73 Å². The molecule has 2 N–H and O–H groups in total. The number of piperidine rings is 1. The van der Waals surface area contributed by atoms with Gasteiger partial charge in [0.05, 0.1) is 11.4 Å². The Balaban J connectivity index is 2.01. The molecular formula is C13H21N3. The van der Waals surface area contributed by atoms with Gasteiger partial charge in [0.15, 0.2) is 0 Å². The highest BCUT2D eigenvalue weighted by atomic mass is 15.2. The molecule has 1 unspecified atom stereocenters. The summed E-state index contributed by atoms with van der Waals surface area (Å²) in [4.78, 5) is 7.07. The monoisotopic (exact) mass is 219 g/mol. The summed E-state index contributed by atoms with van der Waals surface area (Å²) >= 11 is 0. The molecule has 0 radical (unpaired) electrons. The van der Waals surface area contributed by atoms with Crippen molar-refractivity contribution in [2.24, 2.45) is 5.73 Å². The molecule has 1 saturated heterocycles.